The van der Waals surface area contributed by atoms with Crippen LogP contribution in [0, 0.1) is 0 Å². The Morgan fingerprint density at radius 1 is 1.41 bits per heavy atom. The molecule has 0 atom stereocenters. The Labute approximate surface area is 100 Å². The maximum Gasteiger partial charge on any atom is 0.224 e. The van der Waals surface area contributed by atoms with E-state index in [-0.39, 0.29) is 0 Å². The highest BCUT2D eigenvalue weighted by Gasteiger charge is 2.00. The molecule has 6 nitrogen and oxygen atoms in total. The van der Waals surface area contributed by atoms with E-state index in [1.807, 2.05) is 19.3 Å². The highest BCUT2D eigenvalue weighted by molar-refractivity contribution is 5.54. The minimum Gasteiger partial charge on any atom is -0.354 e. The van der Waals surface area contributed by atoms with E-state index in [1.165, 1.54) is 0 Å². The molecular formula is C11H16N6. The maximum absolute atomic E-state index is 4.34. The van der Waals surface area contributed by atoms with Crippen molar-refractivity contribution in [3.8, 4) is 0 Å². The summed E-state index contributed by atoms with van der Waals surface area (Å²) in [4.78, 5) is 8.49. The summed E-state index contributed by atoms with van der Waals surface area (Å²) in [6.45, 7) is 2.97. The molecule has 0 fully saturated rings. The average Bonchev–Trinajstić information content (AvgIpc) is 2.73. The van der Waals surface area contributed by atoms with Gasteiger partial charge in [-0.1, -0.05) is 6.92 Å². The van der Waals surface area contributed by atoms with Gasteiger partial charge in [0.25, 0.3) is 0 Å². The van der Waals surface area contributed by atoms with Gasteiger partial charge in [-0.25, -0.2) is 4.98 Å². The van der Waals surface area contributed by atoms with Crippen LogP contribution in [0.5, 0.6) is 0 Å². The Hall–Kier alpha value is -2.11. The van der Waals surface area contributed by atoms with Crippen LogP contribution in [0.25, 0.3) is 0 Å². The Kier molecular flexibility index (Phi) is 3.54. The summed E-state index contributed by atoms with van der Waals surface area (Å²) in [5.41, 5.74) is 0.910. The highest BCUT2D eigenvalue weighted by atomic mass is 15.3. The second kappa shape index (κ2) is 5.29. The molecule has 2 aromatic heterocycles. The summed E-state index contributed by atoms with van der Waals surface area (Å²) in [5, 5.41) is 10.4. The summed E-state index contributed by atoms with van der Waals surface area (Å²) in [7, 11) is 1.87. The molecule has 0 aliphatic carbocycles. The monoisotopic (exact) mass is 232 g/mol. The van der Waals surface area contributed by atoms with Crippen molar-refractivity contribution in [3.05, 3.63) is 24.7 Å². The van der Waals surface area contributed by atoms with Gasteiger partial charge in [0, 0.05) is 26.0 Å². The summed E-state index contributed by atoms with van der Waals surface area (Å²) >= 11 is 0. The van der Waals surface area contributed by atoms with Crippen molar-refractivity contribution in [3.63, 3.8) is 0 Å². The molecule has 0 bridgehead atoms. The lowest BCUT2D eigenvalue weighted by Crippen LogP contribution is -2.05. The van der Waals surface area contributed by atoms with Crippen LogP contribution >= 0.6 is 0 Å². The van der Waals surface area contributed by atoms with Crippen molar-refractivity contribution in [2.24, 2.45) is 7.05 Å². The zero-order valence-corrected chi connectivity index (χ0v) is 10.0. The molecule has 0 unspecified atom stereocenters. The van der Waals surface area contributed by atoms with Crippen LogP contribution in [0.4, 0.5) is 17.5 Å². The third-order valence-electron chi connectivity index (χ3n) is 2.17. The lowest BCUT2D eigenvalue weighted by Gasteiger charge is -2.05. The molecule has 2 heterocycles. The number of rotatable bonds is 5. The lowest BCUT2D eigenvalue weighted by molar-refractivity contribution is 0.768. The predicted octanol–water partition coefficient (Wildman–Crippen LogP) is 1.78. The smallest absolute Gasteiger partial charge is 0.224 e. The van der Waals surface area contributed by atoms with Gasteiger partial charge in [-0.2, -0.15) is 10.1 Å². The Balaban J connectivity index is 2.05. The first kappa shape index (κ1) is 11.4. The first-order valence-electron chi connectivity index (χ1n) is 5.60. The fourth-order valence-corrected chi connectivity index (χ4v) is 1.38. The predicted molar refractivity (Wildman–Crippen MR) is 67.3 cm³/mol. The van der Waals surface area contributed by atoms with Crippen molar-refractivity contribution in [2.75, 3.05) is 17.2 Å². The maximum atomic E-state index is 4.34. The Morgan fingerprint density at radius 3 is 3.00 bits per heavy atom. The Morgan fingerprint density at radius 2 is 2.29 bits per heavy atom. The third-order valence-corrected chi connectivity index (χ3v) is 2.17. The number of nitrogens with zero attached hydrogens (tertiary/aromatic N) is 4. The van der Waals surface area contributed by atoms with Gasteiger partial charge in [-0.3, -0.25) is 4.68 Å². The van der Waals surface area contributed by atoms with E-state index in [4.69, 9.17) is 0 Å². The van der Waals surface area contributed by atoms with E-state index < -0.39 is 0 Å². The van der Waals surface area contributed by atoms with Crippen molar-refractivity contribution < 1.29 is 0 Å². The topological polar surface area (TPSA) is 67.7 Å². The minimum absolute atomic E-state index is 0.640. The molecule has 0 spiro atoms. The van der Waals surface area contributed by atoms with E-state index in [0.29, 0.717) is 5.95 Å². The van der Waals surface area contributed by atoms with Crippen molar-refractivity contribution in [1.82, 2.24) is 19.7 Å². The fourth-order valence-electron chi connectivity index (χ4n) is 1.38. The summed E-state index contributed by atoms with van der Waals surface area (Å²) in [5.74, 6) is 1.40. The van der Waals surface area contributed by atoms with Gasteiger partial charge in [0.2, 0.25) is 5.95 Å². The van der Waals surface area contributed by atoms with Gasteiger partial charge < -0.3 is 10.6 Å². The van der Waals surface area contributed by atoms with Crippen LogP contribution in [0.15, 0.2) is 24.7 Å². The molecule has 0 amide bonds. The SMILES string of the molecule is CCCNc1nccc(Nc2cnn(C)c2)n1. The second-order valence-electron chi connectivity index (χ2n) is 3.72. The van der Waals surface area contributed by atoms with E-state index in [0.717, 1.165) is 24.5 Å². The number of aromatic nitrogens is 4. The largest absolute Gasteiger partial charge is 0.354 e. The van der Waals surface area contributed by atoms with Crippen LogP contribution in [0.2, 0.25) is 0 Å². The van der Waals surface area contributed by atoms with Gasteiger partial charge in [0.1, 0.15) is 5.82 Å². The third kappa shape index (κ3) is 3.17. The molecular weight excluding hydrogens is 216 g/mol. The van der Waals surface area contributed by atoms with Crippen molar-refractivity contribution in [1.29, 1.82) is 0 Å². The minimum atomic E-state index is 0.640. The number of anilines is 3. The first-order chi connectivity index (χ1) is 8.28. The quantitative estimate of drug-likeness (QED) is 0.822. The summed E-state index contributed by atoms with van der Waals surface area (Å²) in [6, 6.07) is 1.82. The number of aryl methyl sites for hydroxylation is 1. The van der Waals surface area contributed by atoms with Crippen LogP contribution in [0.1, 0.15) is 13.3 Å². The van der Waals surface area contributed by atoms with Crippen LogP contribution in [-0.2, 0) is 7.05 Å². The fraction of sp³-hybridized carbons (Fsp3) is 0.364. The molecule has 2 aromatic rings. The zero-order chi connectivity index (χ0) is 12.1. The zero-order valence-electron chi connectivity index (χ0n) is 10.0. The van der Waals surface area contributed by atoms with Gasteiger partial charge >= 0.3 is 0 Å². The number of nitrogens with one attached hydrogen (secondary N) is 2. The van der Waals surface area contributed by atoms with Crippen LogP contribution < -0.4 is 10.6 Å². The molecule has 2 N–H and O–H groups in total. The molecule has 0 saturated carbocycles. The van der Waals surface area contributed by atoms with Crippen LogP contribution in [-0.4, -0.2) is 26.3 Å². The van der Waals surface area contributed by atoms with E-state index in [9.17, 15) is 0 Å². The lowest BCUT2D eigenvalue weighted by atomic mass is 10.5. The van der Waals surface area contributed by atoms with E-state index in [1.54, 1.807) is 17.1 Å². The second-order valence-corrected chi connectivity index (χ2v) is 3.72. The first-order valence-corrected chi connectivity index (χ1v) is 5.60. The molecule has 0 saturated heterocycles. The average molecular weight is 232 g/mol. The normalized spacial score (nSPS) is 10.2. The van der Waals surface area contributed by atoms with Crippen molar-refractivity contribution >= 4 is 17.5 Å². The molecule has 90 valence electrons. The molecule has 0 aromatic carbocycles. The molecule has 0 aliphatic rings. The number of hydrogen-bond acceptors (Lipinski definition) is 5. The van der Waals surface area contributed by atoms with Crippen molar-refractivity contribution in [2.45, 2.75) is 13.3 Å². The molecule has 17 heavy (non-hydrogen) atoms. The summed E-state index contributed by atoms with van der Waals surface area (Å²) < 4.78 is 1.74. The van der Waals surface area contributed by atoms with Gasteiger partial charge in [-0.05, 0) is 12.5 Å². The van der Waals surface area contributed by atoms with E-state index in [2.05, 4.69) is 32.6 Å². The highest BCUT2D eigenvalue weighted by Crippen LogP contribution is 2.13. The van der Waals surface area contributed by atoms with Gasteiger partial charge in [0.15, 0.2) is 0 Å². The van der Waals surface area contributed by atoms with Gasteiger partial charge in [-0.15, -0.1) is 0 Å². The van der Waals surface area contributed by atoms with E-state index >= 15 is 0 Å². The molecule has 0 aliphatic heterocycles. The number of hydrogen-bond donors (Lipinski definition) is 2. The molecule has 0 radical (unpaired) electrons. The molecule has 6 heteroatoms. The molecule has 2 rings (SSSR count). The van der Waals surface area contributed by atoms with Crippen LogP contribution in [0.3, 0.4) is 0 Å². The standard InChI is InChI=1S/C11H16N6/c1-3-5-12-11-13-6-4-10(16-11)15-9-7-14-17(2)8-9/h4,6-8H,3,5H2,1-2H3,(H2,12,13,15,16). The Bertz CT molecular complexity index is 478. The summed E-state index contributed by atoms with van der Waals surface area (Å²) in [6.07, 6.45) is 6.41. The van der Waals surface area contributed by atoms with Gasteiger partial charge in [0.05, 0.1) is 11.9 Å².